The quantitative estimate of drug-likeness (QED) is 0.482. The second kappa shape index (κ2) is 10.4. The zero-order valence-corrected chi connectivity index (χ0v) is 18.8. The molecule has 0 saturated heterocycles. The molecule has 30 heavy (non-hydrogen) atoms. The summed E-state index contributed by atoms with van der Waals surface area (Å²) in [5.41, 5.74) is 3.04. The average molecular weight is 428 g/mol. The fourth-order valence-electron chi connectivity index (χ4n) is 3.14. The highest BCUT2D eigenvalue weighted by molar-refractivity contribution is 7.99. The van der Waals surface area contributed by atoms with Gasteiger partial charge in [0.1, 0.15) is 0 Å². The molecule has 0 fully saturated rings. The van der Waals surface area contributed by atoms with Crippen LogP contribution in [0.2, 0.25) is 0 Å². The van der Waals surface area contributed by atoms with E-state index in [4.69, 9.17) is 14.5 Å². The molecule has 0 saturated carbocycles. The molecule has 0 aliphatic heterocycles. The van der Waals surface area contributed by atoms with Crippen LogP contribution in [0.1, 0.15) is 25.8 Å². The number of imidazole rings is 1. The SMILES string of the molecule is COc1ccc(CNC(=O)CSc2nc3ccccc3n2CCC(C)C)cc1OC. The normalized spacial score (nSPS) is 11.1. The van der Waals surface area contributed by atoms with Gasteiger partial charge in [0.25, 0.3) is 0 Å². The molecule has 3 aromatic rings. The van der Waals surface area contributed by atoms with E-state index in [9.17, 15) is 4.79 Å². The van der Waals surface area contributed by atoms with Gasteiger partial charge in [-0.15, -0.1) is 0 Å². The number of hydrogen-bond acceptors (Lipinski definition) is 5. The number of amides is 1. The summed E-state index contributed by atoms with van der Waals surface area (Å²) in [5.74, 6) is 2.21. The van der Waals surface area contributed by atoms with Gasteiger partial charge in [0.15, 0.2) is 16.7 Å². The lowest BCUT2D eigenvalue weighted by Crippen LogP contribution is -2.24. The summed E-state index contributed by atoms with van der Waals surface area (Å²) < 4.78 is 12.8. The number of fused-ring (bicyclic) bond motifs is 1. The Balaban J connectivity index is 1.62. The Morgan fingerprint density at radius 2 is 1.90 bits per heavy atom. The number of hydrogen-bond donors (Lipinski definition) is 1. The highest BCUT2D eigenvalue weighted by Gasteiger charge is 2.13. The number of nitrogens with zero attached hydrogens (tertiary/aromatic N) is 2. The summed E-state index contributed by atoms with van der Waals surface area (Å²) in [6, 6.07) is 13.8. The largest absolute Gasteiger partial charge is 0.493 e. The van der Waals surface area contributed by atoms with Crippen molar-refractivity contribution in [1.82, 2.24) is 14.9 Å². The molecule has 160 valence electrons. The number of methoxy groups -OCH3 is 2. The lowest BCUT2D eigenvalue weighted by molar-refractivity contribution is -0.118. The van der Waals surface area contributed by atoms with Crippen LogP contribution in [0, 0.1) is 5.92 Å². The summed E-state index contributed by atoms with van der Waals surface area (Å²) >= 11 is 1.48. The van der Waals surface area contributed by atoms with E-state index in [1.165, 1.54) is 11.8 Å². The van der Waals surface area contributed by atoms with Crippen molar-refractivity contribution in [2.45, 2.75) is 38.5 Å². The van der Waals surface area contributed by atoms with Crippen molar-refractivity contribution in [3.05, 3.63) is 48.0 Å². The Kier molecular flexibility index (Phi) is 7.63. The number of ether oxygens (including phenoxy) is 2. The maximum atomic E-state index is 12.4. The molecule has 1 heterocycles. The van der Waals surface area contributed by atoms with Crippen molar-refractivity contribution < 1.29 is 14.3 Å². The van der Waals surface area contributed by atoms with Crippen LogP contribution < -0.4 is 14.8 Å². The second-order valence-corrected chi connectivity index (χ2v) is 8.41. The Morgan fingerprint density at radius 3 is 2.63 bits per heavy atom. The molecule has 0 unspecified atom stereocenters. The molecule has 1 aromatic heterocycles. The molecule has 0 bridgehead atoms. The lowest BCUT2D eigenvalue weighted by atomic mass is 10.1. The van der Waals surface area contributed by atoms with Crippen molar-refractivity contribution in [2.75, 3.05) is 20.0 Å². The number of benzene rings is 2. The van der Waals surface area contributed by atoms with Crippen LogP contribution in [-0.2, 0) is 17.9 Å². The van der Waals surface area contributed by atoms with E-state index in [1.54, 1.807) is 14.2 Å². The minimum absolute atomic E-state index is 0.0303. The van der Waals surface area contributed by atoms with E-state index >= 15 is 0 Å². The predicted octanol–water partition coefficient (Wildman–Crippen LogP) is 4.51. The number of aryl methyl sites for hydroxylation is 1. The molecule has 1 amide bonds. The van der Waals surface area contributed by atoms with Gasteiger partial charge in [-0.2, -0.15) is 0 Å². The Morgan fingerprint density at radius 1 is 1.13 bits per heavy atom. The van der Waals surface area contributed by atoms with E-state index in [1.807, 2.05) is 36.4 Å². The Labute approximate surface area is 182 Å². The number of carbonyl (C=O) groups is 1. The minimum atomic E-state index is -0.0303. The number of para-hydroxylation sites is 2. The number of carbonyl (C=O) groups excluding carboxylic acids is 1. The van der Waals surface area contributed by atoms with E-state index < -0.39 is 0 Å². The van der Waals surface area contributed by atoms with Crippen LogP contribution in [0.4, 0.5) is 0 Å². The third kappa shape index (κ3) is 5.48. The Bertz CT molecular complexity index is 1000. The fraction of sp³-hybridized carbons (Fsp3) is 0.391. The molecule has 3 rings (SSSR count). The molecular formula is C23H29N3O3S. The third-order valence-electron chi connectivity index (χ3n) is 4.82. The van der Waals surface area contributed by atoms with Crippen LogP contribution >= 0.6 is 11.8 Å². The van der Waals surface area contributed by atoms with Crippen LogP contribution in [0.5, 0.6) is 11.5 Å². The molecular weight excluding hydrogens is 398 g/mol. The van der Waals surface area contributed by atoms with E-state index in [-0.39, 0.29) is 5.91 Å². The number of nitrogens with one attached hydrogen (secondary N) is 1. The molecule has 0 radical (unpaired) electrons. The van der Waals surface area contributed by atoms with Crippen LogP contribution in [-0.4, -0.2) is 35.4 Å². The summed E-state index contributed by atoms with van der Waals surface area (Å²) in [6.07, 6.45) is 1.07. The van der Waals surface area contributed by atoms with E-state index in [2.05, 4.69) is 29.8 Å². The first kappa shape index (κ1) is 22.0. The molecule has 0 spiro atoms. The van der Waals surface area contributed by atoms with Gasteiger partial charge in [0, 0.05) is 13.1 Å². The summed E-state index contributed by atoms with van der Waals surface area (Å²) in [7, 11) is 3.20. The van der Waals surface area contributed by atoms with Gasteiger partial charge < -0.3 is 19.4 Å². The van der Waals surface area contributed by atoms with Crippen LogP contribution in [0.3, 0.4) is 0 Å². The standard InChI is InChI=1S/C23H29N3O3S/c1-16(2)11-12-26-19-8-6-5-7-18(19)25-23(26)30-15-22(27)24-14-17-9-10-20(28-3)21(13-17)29-4/h5-10,13,16H,11-12,14-15H2,1-4H3,(H,24,27). The highest BCUT2D eigenvalue weighted by atomic mass is 32.2. The summed E-state index contributed by atoms with van der Waals surface area (Å²) in [5, 5.41) is 3.86. The Hall–Kier alpha value is -2.67. The predicted molar refractivity (Wildman–Crippen MR) is 121 cm³/mol. The number of thioether (sulfide) groups is 1. The van der Waals surface area contributed by atoms with E-state index in [0.717, 1.165) is 34.7 Å². The molecule has 2 aromatic carbocycles. The van der Waals surface area contributed by atoms with E-state index in [0.29, 0.717) is 29.7 Å². The summed E-state index contributed by atoms with van der Waals surface area (Å²) in [6.45, 7) is 5.76. The average Bonchev–Trinajstić information content (AvgIpc) is 3.11. The molecule has 6 nitrogen and oxygen atoms in total. The summed E-state index contributed by atoms with van der Waals surface area (Å²) in [4.78, 5) is 17.2. The van der Waals surface area contributed by atoms with Gasteiger partial charge in [-0.25, -0.2) is 4.98 Å². The smallest absolute Gasteiger partial charge is 0.230 e. The molecule has 0 aliphatic carbocycles. The minimum Gasteiger partial charge on any atom is -0.493 e. The van der Waals surface area contributed by atoms with Crippen molar-refractivity contribution in [3.8, 4) is 11.5 Å². The lowest BCUT2D eigenvalue weighted by Gasteiger charge is -2.11. The third-order valence-corrected chi connectivity index (χ3v) is 5.80. The van der Waals surface area contributed by atoms with Crippen LogP contribution in [0.25, 0.3) is 11.0 Å². The van der Waals surface area contributed by atoms with Gasteiger partial charge in [-0.05, 0) is 42.2 Å². The van der Waals surface area contributed by atoms with Crippen molar-refractivity contribution in [1.29, 1.82) is 0 Å². The maximum Gasteiger partial charge on any atom is 0.230 e. The first-order valence-corrected chi connectivity index (χ1v) is 11.1. The van der Waals surface area contributed by atoms with Gasteiger partial charge in [-0.1, -0.05) is 43.8 Å². The van der Waals surface area contributed by atoms with Crippen molar-refractivity contribution in [3.63, 3.8) is 0 Å². The van der Waals surface area contributed by atoms with Gasteiger partial charge in [0.05, 0.1) is 31.0 Å². The molecule has 7 heteroatoms. The fourth-order valence-corrected chi connectivity index (χ4v) is 4.01. The monoisotopic (exact) mass is 427 g/mol. The second-order valence-electron chi connectivity index (χ2n) is 7.47. The van der Waals surface area contributed by atoms with Gasteiger partial charge in [-0.3, -0.25) is 4.79 Å². The maximum absolute atomic E-state index is 12.4. The van der Waals surface area contributed by atoms with Crippen LogP contribution in [0.15, 0.2) is 47.6 Å². The molecule has 0 aliphatic rings. The van der Waals surface area contributed by atoms with Gasteiger partial charge >= 0.3 is 0 Å². The molecule has 1 N–H and O–H groups in total. The first-order chi connectivity index (χ1) is 14.5. The topological polar surface area (TPSA) is 65.4 Å². The first-order valence-electron chi connectivity index (χ1n) is 10.1. The zero-order valence-electron chi connectivity index (χ0n) is 18.0. The van der Waals surface area contributed by atoms with Gasteiger partial charge in [0.2, 0.25) is 5.91 Å². The van der Waals surface area contributed by atoms with Crippen molar-refractivity contribution in [2.24, 2.45) is 5.92 Å². The van der Waals surface area contributed by atoms with Crippen molar-refractivity contribution >= 4 is 28.7 Å². The number of aromatic nitrogens is 2. The number of rotatable bonds is 10. The zero-order chi connectivity index (χ0) is 21.5. The highest BCUT2D eigenvalue weighted by Crippen LogP contribution is 2.28. The molecule has 0 atom stereocenters.